The summed E-state index contributed by atoms with van der Waals surface area (Å²) in [6.07, 6.45) is 21.0. The van der Waals surface area contributed by atoms with Crippen molar-refractivity contribution in [1.29, 1.82) is 0 Å². The van der Waals surface area contributed by atoms with Crippen LogP contribution in [0.4, 0.5) is 0 Å². The van der Waals surface area contributed by atoms with Crippen LogP contribution in [0.5, 0.6) is 0 Å². The number of hydrogen-bond donors (Lipinski definition) is 1. The number of aliphatic carboxylic acids is 1. The highest BCUT2D eigenvalue weighted by Gasteiger charge is 2.35. The second-order valence-corrected chi connectivity index (χ2v) is 16.4. The average Bonchev–Trinajstić information content (AvgIpc) is 2.73. The lowest BCUT2D eigenvalue weighted by Gasteiger charge is -2.27. The molecule has 30 heavy (non-hydrogen) atoms. The molecule has 8 heteroatoms. The lowest BCUT2D eigenvalue weighted by molar-refractivity contribution is -0.135. The first-order chi connectivity index (χ1) is 14.3. The molecule has 0 aromatic rings. The smallest absolute Gasteiger partial charge is 0.317 e. The van der Waals surface area contributed by atoms with Crippen LogP contribution in [-0.4, -0.2) is 35.1 Å². The second kappa shape index (κ2) is 23.3. The van der Waals surface area contributed by atoms with Crippen LogP contribution in [0.15, 0.2) is 0 Å². The molecular weight excluding hydrogens is 1060 g/mol. The van der Waals surface area contributed by atoms with Gasteiger partial charge in [-0.3, -0.25) is 4.79 Å². The standard InChI is InChI=1S/C22H38I6O2/c23-16-14-12-10-8-6-4-2-1-3-5-7-9-11-13-15-17(24)18(25)19(26)20(27)21(28)22(29)30/h17-21H,1-16H2,(H,29,30). The van der Waals surface area contributed by atoms with E-state index >= 15 is 0 Å². The van der Waals surface area contributed by atoms with Crippen LogP contribution in [0, 0.1) is 0 Å². The molecule has 1 N–H and O–H groups in total. The Balaban J connectivity index is 3.58. The Bertz CT molecular complexity index is 413. The SMILES string of the molecule is O=C(O)C(I)C(I)C(I)C(I)C(I)CCCCCCCCCCCCCCCCI. The molecule has 0 bridgehead atoms. The van der Waals surface area contributed by atoms with Gasteiger partial charge in [-0.2, -0.15) is 0 Å². The van der Waals surface area contributed by atoms with Crippen molar-refractivity contribution in [2.45, 2.75) is 116 Å². The van der Waals surface area contributed by atoms with Crippen LogP contribution >= 0.6 is 136 Å². The third-order valence-corrected chi connectivity index (χ3v) is 19.0. The van der Waals surface area contributed by atoms with E-state index in [-0.39, 0.29) is 7.85 Å². The Labute approximate surface area is 267 Å². The number of hydrogen-bond acceptors (Lipinski definition) is 1. The summed E-state index contributed by atoms with van der Waals surface area (Å²) in [7, 11) is 0. The minimum absolute atomic E-state index is 0.168. The first-order valence-electron chi connectivity index (χ1n) is 11.3. The molecule has 0 fully saturated rings. The topological polar surface area (TPSA) is 37.3 Å². The van der Waals surface area contributed by atoms with Gasteiger partial charge >= 0.3 is 5.97 Å². The lowest BCUT2D eigenvalue weighted by Crippen LogP contribution is -2.38. The first kappa shape index (κ1) is 33.8. The monoisotopic (exact) mass is 1100 g/mol. The number of halogens is 6. The zero-order valence-corrected chi connectivity index (χ0v) is 30.8. The summed E-state index contributed by atoms with van der Waals surface area (Å²) in [5.74, 6) is -0.688. The van der Waals surface area contributed by atoms with Crippen LogP contribution in [0.25, 0.3) is 0 Å². The maximum Gasteiger partial charge on any atom is 0.317 e. The summed E-state index contributed by atoms with van der Waals surface area (Å²) in [5, 5.41) is 9.25. The van der Waals surface area contributed by atoms with E-state index in [0.29, 0.717) is 11.8 Å². The van der Waals surface area contributed by atoms with Gasteiger partial charge in [0.1, 0.15) is 3.92 Å². The molecule has 5 atom stereocenters. The van der Waals surface area contributed by atoms with Gasteiger partial charge in [0.25, 0.3) is 0 Å². The molecule has 0 spiro atoms. The van der Waals surface area contributed by atoms with Crippen molar-refractivity contribution < 1.29 is 9.90 Å². The largest absolute Gasteiger partial charge is 0.480 e. The molecule has 5 unspecified atom stereocenters. The van der Waals surface area contributed by atoms with E-state index in [9.17, 15) is 9.90 Å². The average molecular weight is 1100 g/mol. The maximum absolute atomic E-state index is 11.2. The molecule has 0 amide bonds. The Morgan fingerprint density at radius 3 is 1.30 bits per heavy atom. The van der Waals surface area contributed by atoms with Gasteiger partial charge in [-0.25, -0.2) is 0 Å². The second-order valence-electron chi connectivity index (χ2n) is 8.02. The molecular formula is C22H38I6O2. The Morgan fingerprint density at radius 1 is 0.567 bits per heavy atom. The lowest BCUT2D eigenvalue weighted by atomic mass is 10.0. The number of carboxylic acids is 1. The van der Waals surface area contributed by atoms with Gasteiger partial charge in [0.05, 0.1) is 0 Å². The van der Waals surface area contributed by atoms with E-state index in [2.05, 4.69) is 136 Å². The van der Waals surface area contributed by atoms with E-state index in [1.54, 1.807) is 0 Å². The van der Waals surface area contributed by atoms with Crippen molar-refractivity contribution >= 4 is 142 Å². The fraction of sp³-hybridized carbons (Fsp3) is 0.955. The summed E-state index contributed by atoms with van der Waals surface area (Å²) >= 11 is 14.5. The van der Waals surface area contributed by atoms with Crippen molar-refractivity contribution in [2.75, 3.05) is 4.43 Å². The predicted molar refractivity (Wildman–Crippen MR) is 185 cm³/mol. The molecule has 0 saturated carbocycles. The maximum atomic E-state index is 11.2. The summed E-state index contributed by atoms with van der Waals surface area (Å²) in [5.41, 5.74) is 0. The van der Waals surface area contributed by atoms with Gasteiger partial charge in [-0.05, 0) is 17.3 Å². The van der Waals surface area contributed by atoms with E-state index in [4.69, 9.17) is 0 Å². The van der Waals surface area contributed by atoms with Crippen LogP contribution in [0.3, 0.4) is 0 Å². The summed E-state index contributed by atoms with van der Waals surface area (Å²) in [6, 6.07) is 0. The highest BCUT2D eigenvalue weighted by Crippen LogP contribution is 2.35. The molecule has 0 aliphatic carbocycles. The zero-order valence-electron chi connectivity index (χ0n) is 17.8. The Morgan fingerprint density at radius 2 is 0.933 bits per heavy atom. The van der Waals surface area contributed by atoms with Gasteiger partial charge in [-0.15, -0.1) is 0 Å². The number of rotatable bonds is 21. The zero-order chi connectivity index (χ0) is 22.8. The third-order valence-electron chi connectivity index (χ3n) is 5.33. The predicted octanol–water partition coefficient (Wildman–Crippen LogP) is 10.4. The van der Waals surface area contributed by atoms with Gasteiger partial charge in [0.2, 0.25) is 0 Å². The summed E-state index contributed by atoms with van der Waals surface area (Å²) in [4.78, 5) is 11.2. The fourth-order valence-corrected chi connectivity index (χ4v) is 10.1. The number of carboxylic acid groups (broad SMARTS) is 1. The quantitative estimate of drug-likeness (QED) is 0.0707. The van der Waals surface area contributed by atoms with E-state index < -0.39 is 5.97 Å². The molecule has 2 nitrogen and oxygen atoms in total. The molecule has 0 aliphatic rings. The molecule has 0 radical (unpaired) electrons. The molecule has 0 aromatic carbocycles. The van der Waals surface area contributed by atoms with Crippen molar-refractivity contribution in [3.05, 3.63) is 0 Å². The highest BCUT2D eigenvalue weighted by molar-refractivity contribution is 14.1. The number of alkyl halides is 6. The van der Waals surface area contributed by atoms with E-state index in [1.807, 2.05) is 0 Å². The van der Waals surface area contributed by atoms with Gasteiger partial charge in [0.15, 0.2) is 0 Å². The van der Waals surface area contributed by atoms with Gasteiger partial charge in [-0.1, -0.05) is 219 Å². The molecule has 0 saturated heterocycles. The van der Waals surface area contributed by atoms with Crippen LogP contribution in [0.2, 0.25) is 0 Å². The summed E-state index contributed by atoms with van der Waals surface area (Å²) in [6.45, 7) is 0. The number of carbonyl (C=O) groups is 1. The first-order valence-corrected chi connectivity index (χ1v) is 19.1. The van der Waals surface area contributed by atoms with Crippen LogP contribution < -0.4 is 0 Å². The normalized spacial score (nSPS) is 16.7. The Kier molecular flexibility index (Phi) is 26.2. The van der Waals surface area contributed by atoms with Crippen LogP contribution in [0.1, 0.15) is 96.3 Å². The van der Waals surface area contributed by atoms with Crippen molar-refractivity contribution in [2.24, 2.45) is 0 Å². The van der Waals surface area contributed by atoms with Crippen molar-refractivity contribution in [1.82, 2.24) is 0 Å². The molecule has 0 rings (SSSR count). The van der Waals surface area contributed by atoms with E-state index in [1.165, 1.54) is 101 Å². The Hall–Kier alpha value is 3.85. The van der Waals surface area contributed by atoms with Gasteiger partial charge in [0, 0.05) is 15.7 Å². The van der Waals surface area contributed by atoms with Crippen LogP contribution in [-0.2, 0) is 4.79 Å². The van der Waals surface area contributed by atoms with Crippen molar-refractivity contribution in [3.63, 3.8) is 0 Å². The van der Waals surface area contributed by atoms with Crippen molar-refractivity contribution in [3.8, 4) is 0 Å². The molecule has 0 aliphatic heterocycles. The third kappa shape index (κ3) is 18.2. The minimum Gasteiger partial charge on any atom is -0.480 e. The van der Waals surface area contributed by atoms with E-state index in [0.717, 1.165) is 0 Å². The minimum atomic E-state index is -0.688. The summed E-state index contributed by atoms with van der Waals surface area (Å²) < 4.78 is 2.72. The number of unbranched alkanes of at least 4 members (excludes halogenated alkanes) is 13. The molecule has 0 aromatic heterocycles. The molecule has 0 heterocycles. The fourth-order valence-electron chi connectivity index (χ4n) is 3.39. The van der Waals surface area contributed by atoms with Gasteiger partial charge < -0.3 is 5.11 Å². The highest BCUT2D eigenvalue weighted by atomic mass is 127. The molecule has 180 valence electrons.